The van der Waals surface area contributed by atoms with Crippen molar-refractivity contribution in [3.05, 3.63) is 60.8 Å². The molecule has 27 heavy (non-hydrogen) atoms. The zero-order chi connectivity index (χ0) is 18.8. The second kappa shape index (κ2) is 7.28. The topological polar surface area (TPSA) is 76.0 Å². The van der Waals surface area contributed by atoms with Gasteiger partial charge in [-0.05, 0) is 30.0 Å². The molecule has 7 heteroatoms. The first-order valence-corrected chi connectivity index (χ1v) is 9.76. The van der Waals surface area contributed by atoms with E-state index >= 15 is 0 Å². The van der Waals surface area contributed by atoms with Gasteiger partial charge in [0.1, 0.15) is 11.9 Å². The maximum atomic E-state index is 12.9. The van der Waals surface area contributed by atoms with Crippen molar-refractivity contribution in [2.24, 2.45) is 0 Å². The first-order valence-electron chi connectivity index (χ1n) is 8.53. The number of amides is 2. The Hall–Kier alpha value is -3.06. The van der Waals surface area contributed by atoms with Gasteiger partial charge in [0.05, 0.1) is 12.6 Å². The third-order valence-electron chi connectivity index (χ3n) is 4.45. The summed E-state index contributed by atoms with van der Waals surface area (Å²) >= 11 is 1.60. The number of fused-ring (bicyclic) bond motifs is 1. The summed E-state index contributed by atoms with van der Waals surface area (Å²) in [6.07, 6.45) is 3.72. The number of hydrogen-bond acceptors (Lipinski definition) is 4. The van der Waals surface area contributed by atoms with Crippen LogP contribution in [0.2, 0.25) is 0 Å². The van der Waals surface area contributed by atoms with Crippen LogP contribution in [0.1, 0.15) is 12.5 Å². The Bertz CT molecular complexity index is 1000. The van der Waals surface area contributed by atoms with Gasteiger partial charge in [0.15, 0.2) is 0 Å². The third kappa shape index (κ3) is 3.46. The number of benzene rings is 2. The zero-order valence-corrected chi connectivity index (χ0v) is 15.5. The number of aromatic nitrogens is 2. The molecule has 0 radical (unpaired) electrons. The summed E-state index contributed by atoms with van der Waals surface area (Å²) in [7, 11) is 0. The van der Waals surface area contributed by atoms with E-state index in [0.29, 0.717) is 11.5 Å². The predicted molar refractivity (Wildman–Crippen MR) is 107 cm³/mol. The van der Waals surface area contributed by atoms with Gasteiger partial charge in [0.25, 0.3) is 0 Å². The van der Waals surface area contributed by atoms with Crippen LogP contribution < -0.4 is 10.6 Å². The van der Waals surface area contributed by atoms with Gasteiger partial charge in [-0.15, -0.1) is 11.8 Å². The van der Waals surface area contributed by atoms with Crippen molar-refractivity contribution in [3.63, 3.8) is 0 Å². The molecule has 2 amide bonds. The highest BCUT2D eigenvalue weighted by atomic mass is 32.2. The monoisotopic (exact) mass is 378 g/mol. The first-order chi connectivity index (χ1) is 13.2. The van der Waals surface area contributed by atoms with Crippen molar-refractivity contribution in [1.29, 1.82) is 0 Å². The largest absolute Gasteiger partial charge is 0.324 e. The highest BCUT2D eigenvalue weighted by Gasteiger charge is 2.33. The van der Waals surface area contributed by atoms with Crippen LogP contribution in [0.5, 0.6) is 0 Å². The van der Waals surface area contributed by atoms with Crippen molar-refractivity contribution >= 4 is 35.1 Å². The van der Waals surface area contributed by atoms with Crippen LogP contribution in [0.4, 0.5) is 11.5 Å². The Morgan fingerprint density at radius 2 is 2.04 bits per heavy atom. The van der Waals surface area contributed by atoms with Gasteiger partial charge in [-0.3, -0.25) is 9.59 Å². The molecule has 1 unspecified atom stereocenters. The average Bonchev–Trinajstić information content (AvgIpc) is 3.11. The summed E-state index contributed by atoms with van der Waals surface area (Å²) in [6.45, 7) is 0. The molecule has 136 valence electrons. The summed E-state index contributed by atoms with van der Waals surface area (Å²) < 4.78 is 1.59. The second-order valence-electron chi connectivity index (χ2n) is 6.21. The summed E-state index contributed by atoms with van der Waals surface area (Å²) in [6, 6.07) is 16.6. The minimum absolute atomic E-state index is 0.0525. The maximum Gasteiger partial charge on any atom is 0.249 e. The average molecular weight is 378 g/mol. The van der Waals surface area contributed by atoms with E-state index in [-0.39, 0.29) is 18.2 Å². The van der Waals surface area contributed by atoms with E-state index in [0.717, 1.165) is 16.0 Å². The highest BCUT2D eigenvalue weighted by molar-refractivity contribution is 7.98. The molecule has 0 fully saturated rings. The van der Waals surface area contributed by atoms with Gasteiger partial charge >= 0.3 is 0 Å². The van der Waals surface area contributed by atoms with Crippen LogP contribution in [-0.4, -0.2) is 27.9 Å². The molecular formula is C20H18N4O2S. The standard InChI is InChI=1S/C20H18N4O2S/c1-27-15-9-5-8-14(10-15)22-20(26)17-11-18(25)23-19-16(12-21-24(17)19)13-6-3-2-4-7-13/h2-10,12,17H,11H2,1H3,(H,22,26)(H,23,25). The molecule has 0 saturated heterocycles. The lowest BCUT2D eigenvalue weighted by Gasteiger charge is -2.24. The number of nitrogens with zero attached hydrogens (tertiary/aromatic N) is 2. The quantitative estimate of drug-likeness (QED) is 0.677. The molecule has 1 atom stereocenters. The van der Waals surface area contributed by atoms with Gasteiger partial charge in [0.2, 0.25) is 11.8 Å². The van der Waals surface area contributed by atoms with E-state index in [1.165, 1.54) is 0 Å². The number of hydrogen-bond donors (Lipinski definition) is 2. The normalized spacial score (nSPS) is 15.7. The minimum Gasteiger partial charge on any atom is -0.324 e. The van der Waals surface area contributed by atoms with Crippen molar-refractivity contribution in [2.75, 3.05) is 16.9 Å². The van der Waals surface area contributed by atoms with Crippen molar-refractivity contribution in [3.8, 4) is 11.1 Å². The Labute approximate surface area is 161 Å². The molecule has 2 N–H and O–H groups in total. The third-order valence-corrected chi connectivity index (χ3v) is 5.18. The van der Waals surface area contributed by atoms with Crippen molar-refractivity contribution in [2.45, 2.75) is 17.4 Å². The molecule has 1 aliphatic heterocycles. The molecule has 3 aromatic rings. The summed E-state index contributed by atoms with van der Waals surface area (Å²) in [5, 5.41) is 10.1. The minimum atomic E-state index is -0.691. The highest BCUT2D eigenvalue weighted by Crippen LogP contribution is 2.34. The maximum absolute atomic E-state index is 12.9. The summed E-state index contributed by atoms with van der Waals surface area (Å²) in [5.74, 6) is 0.0979. The number of carbonyl (C=O) groups excluding carboxylic acids is 2. The number of thioether (sulfide) groups is 1. The fourth-order valence-corrected chi connectivity index (χ4v) is 3.59. The van der Waals surface area contributed by atoms with Gasteiger partial charge in [0, 0.05) is 16.1 Å². The van der Waals surface area contributed by atoms with Crippen LogP contribution in [0.25, 0.3) is 11.1 Å². The fraction of sp³-hybridized carbons (Fsp3) is 0.150. The Morgan fingerprint density at radius 1 is 1.22 bits per heavy atom. The molecule has 4 rings (SSSR count). The van der Waals surface area contributed by atoms with Gasteiger partial charge in [-0.2, -0.15) is 5.10 Å². The second-order valence-corrected chi connectivity index (χ2v) is 7.09. The lowest BCUT2D eigenvalue weighted by Crippen LogP contribution is -2.35. The predicted octanol–water partition coefficient (Wildman–Crippen LogP) is 3.79. The van der Waals surface area contributed by atoms with E-state index in [1.807, 2.05) is 60.9 Å². The van der Waals surface area contributed by atoms with Gasteiger partial charge < -0.3 is 10.6 Å². The van der Waals surface area contributed by atoms with E-state index in [4.69, 9.17) is 0 Å². The van der Waals surface area contributed by atoms with Gasteiger partial charge in [-0.25, -0.2) is 4.68 Å². The fourth-order valence-electron chi connectivity index (χ4n) is 3.13. The molecule has 0 bridgehead atoms. The van der Waals surface area contributed by atoms with E-state index in [1.54, 1.807) is 22.6 Å². The molecule has 1 aromatic heterocycles. The molecule has 0 aliphatic carbocycles. The van der Waals surface area contributed by atoms with E-state index in [2.05, 4.69) is 15.7 Å². The lowest BCUT2D eigenvalue weighted by atomic mass is 10.1. The Kier molecular flexibility index (Phi) is 4.68. The number of carbonyl (C=O) groups is 2. The van der Waals surface area contributed by atoms with E-state index in [9.17, 15) is 9.59 Å². The Balaban J connectivity index is 1.64. The molecule has 0 spiro atoms. The molecule has 2 aromatic carbocycles. The van der Waals surface area contributed by atoms with E-state index < -0.39 is 6.04 Å². The number of nitrogens with one attached hydrogen (secondary N) is 2. The van der Waals surface area contributed by atoms with Crippen LogP contribution in [0.15, 0.2) is 65.7 Å². The number of anilines is 2. The lowest BCUT2D eigenvalue weighted by molar-refractivity contribution is -0.125. The van der Waals surface area contributed by atoms with Crippen LogP contribution in [-0.2, 0) is 9.59 Å². The summed E-state index contributed by atoms with van der Waals surface area (Å²) in [5.41, 5.74) is 2.44. The molecule has 2 heterocycles. The number of rotatable bonds is 4. The van der Waals surface area contributed by atoms with Gasteiger partial charge in [-0.1, -0.05) is 36.4 Å². The Morgan fingerprint density at radius 3 is 2.81 bits per heavy atom. The van der Waals surface area contributed by atoms with Crippen molar-refractivity contribution < 1.29 is 9.59 Å². The first kappa shape index (κ1) is 17.4. The van der Waals surface area contributed by atoms with Crippen molar-refractivity contribution in [1.82, 2.24) is 9.78 Å². The zero-order valence-electron chi connectivity index (χ0n) is 14.7. The smallest absolute Gasteiger partial charge is 0.249 e. The molecular weight excluding hydrogens is 360 g/mol. The SMILES string of the molecule is CSc1cccc(NC(=O)C2CC(=O)Nc3c(-c4ccccc4)cnn32)c1. The van der Waals surface area contributed by atoms with Crippen LogP contribution >= 0.6 is 11.8 Å². The van der Waals surface area contributed by atoms with Crippen LogP contribution in [0, 0.1) is 0 Å². The molecule has 1 aliphatic rings. The molecule has 6 nitrogen and oxygen atoms in total. The van der Waals surface area contributed by atoms with Crippen LogP contribution in [0.3, 0.4) is 0 Å². The molecule has 0 saturated carbocycles. The summed E-state index contributed by atoms with van der Waals surface area (Å²) in [4.78, 5) is 26.2.